The van der Waals surface area contributed by atoms with Crippen LogP contribution in [0.1, 0.15) is 5.01 Å². The summed E-state index contributed by atoms with van der Waals surface area (Å²) in [6.45, 7) is 0. The molecule has 0 amide bonds. The van der Waals surface area contributed by atoms with E-state index in [1.165, 1.54) is 11.3 Å². The highest BCUT2D eigenvalue weighted by molar-refractivity contribution is 7.80. The molecule has 0 spiro atoms. The lowest BCUT2D eigenvalue weighted by Crippen LogP contribution is -2.10. The number of thiazole rings is 1. The first-order valence-electron chi connectivity index (χ1n) is 2.60. The van der Waals surface area contributed by atoms with Crippen molar-refractivity contribution < 1.29 is 5.11 Å². The van der Waals surface area contributed by atoms with Gasteiger partial charge >= 0.3 is 0 Å². The molecule has 0 aromatic carbocycles. The van der Waals surface area contributed by atoms with Gasteiger partial charge in [-0.25, -0.2) is 4.98 Å². The highest BCUT2D eigenvalue weighted by atomic mass is 32.1. The van der Waals surface area contributed by atoms with Gasteiger partial charge in [-0.15, -0.1) is 11.3 Å². The molecule has 0 aliphatic heterocycles. The van der Waals surface area contributed by atoms with Crippen LogP contribution >= 0.6 is 23.6 Å². The van der Waals surface area contributed by atoms with Crippen LogP contribution in [0, 0.1) is 0 Å². The first kappa shape index (κ1) is 7.43. The van der Waals surface area contributed by atoms with Gasteiger partial charge in [-0.1, -0.05) is 12.2 Å². The lowest BCUT2D eigenvalue weighted by molar-refractivity contribution is 0.456. The number of nitrogens with zero attached hydrogens (tertiary/aromatic N) is 1. The Morgan fingerprint density at radius 2 is 2.60 bits per heavy atom. The van der Waals surface area contributed by atoms with Gasteiger partial charge in [-0.05, 0) is 0 Å². The van der Waals surface area contributed by atoms with Crippen LogP contribution in [-0.2, 0) is 6.42 Å². The molecule has 54 valence electrons. The van der Waals surface area contributed by atoms with E-state index in [0.29, 0.717) is 11.4 Å². The monoisotopic (exact) mass is 174 g/mol. The van der Waals surface area contributed by atoms with Gasteiger partial charge in [0.25, 0.3) is 0 Å². The minimum atomic E-state index is 0.0382. The Kier molecular flexibility index (Phi) is 2.18. The van der Waals surface area contributed by atoms with Gasteiger partial charge in [0, 0.05) is 6.42 Å². The molecular weight excluding hydrogens is 168 g/mol. The lowest BCUT2D eigenvalue weighted by atomic mass is 10.4. The van der Waals surface area contributed by atoms with Crippen LogP contribution in [0.4, 0.5) is 0 Å². The van der Waals surface area contributed by atoms with E-state index in [4.69, 9.17) is 10.8 Å². The van der Waals surface area contributed by atoms with Crippen molar-refractivity contribution >= 4 is 28.5 Å². The Morgan fingerprint density at radius 3 is 3.00 bits per heavy atom. The van der Waals surface area contributed by atoms with E-state index in [-0.39, 0.29) is 5.88 Å². The summed E-state index contributed by atoms with van der Waals surface area (Å²) in [4.78, 5) is 4.15. The average molecular weight is 174 g/mol. The van der Waals surface area contributed by atoms with Gasteiger partial charge < -0.3 is 10.8 Å². The van der Waals surface area contributed by atoms with Gasteiger partial charge in [-0.2, -0.15) is 0 Å². The number of aromatic nitrogens is 1. The van der Waals surface area contributed by atoms with E-state index in [1.807, 2.05) is 0 Å². The Bertz CT molecular complexity index is 246. The van der Waals surface area contributed by atoms with Crippen molar-refractivity contribution in [2.24, 2.45) is 5.73 Å². The molecular formula is C5H6N2OS2. The number of hydrogen-bond donors (Lipinski definition) is 2. The second kappa shape index (κ2) is 2.94. The van der Waals surface area contributed by atoms with E-state index < -0.39 is 0 Å². The molecule has 0 aliphatic carbocycles. The SMILES string of the molecule is NC(=S)Cc1nc(O)cs1. The van der Waals surface area contributed by atoms with Crippen molar-refractivity contribution in [1.82, 2.24) is 4.98 Å². The minimum Gasteiger partial charge on any atom is -0.493 e. The van der Waals surface area contributed by atoms with E-state index in [1.54, 1.807) is 5.38 Å². The van der Waals surface area contributed by atoms with Crippen molar-refractivity contribution in [2.45, 2.75) is 6.42 Å². The minimum absolute atomic E-state index is 0.0382. The van der Waals surface area contributed by atoms with E-state index in [2.05, 4.69) is 17.2 Å². The third-order valence-electron chi connectivity index (χ3n) is 0.865. The van der Waals surface area contributed by atoms with Gasteiger partial charge in [0.2, 0.25) is 5.88 Å². The molecule has 0 atom stereocenters. The van der Waals surface area contributed by atoms with E-state index in [9.17, 15) is 0 Å². The fraction of sp³-hybridized carbons (Fsp3) is 0.200. The molecule has 0 saturated heterocycles. The number of nitrogens with two attached hydrogens (primary N) is 1. The van der Waals surface area contributed by atoms with Crippen molar-refractivity contribution in [1.29, 1.82) is 0 Å². The summed E-state index contributed by atoms with van der Waals surface area (Å²) < 4.78 is 0. The maximum absolute atomic E-state index is 8.78. The predicted octanol–water partition coefficient (Wildman–Crippen LogP) is 0.677. The summed E-state index contributed by atoms with van der Waals surface area (Å²) in [6, 6.07) is 0. The molecule has 1 heterocycles. The second-order valence-electron chi connectivity index (χ2n) is 1.74. The molecule has 0 saturated carbocycles. The molecule has 1 aromatic rings. The third kappa shape index (κ3) is 1.93. The summed E-state index contributed by atoms with van der Waals surface area (Å²) >= 11 is 6.00. The fourth-order valence-corrected chi connectivity index (χ4v) is 1.44. The number of hydrogen-bond acceptors (Lipinski definition) is 4. The third-order valence-corrected chi connectivity index (χ3v) is 1.85. The van der Waals surface area contributed by atoms with Gasteiger partial charge in [0.05, 0.1) is 10.4 Å². The molecule has 0 radical (unpaired) electrons. The maximum atomic E-state index is 8.78. The molecule has 0 unspecified atom stereocenters. The zero-order valence-corrected chi connectivity index (χ0v) is 6.71. The fourth-order valence-electron chi connectivity index (χ4n) is 0.531. The van der Waals surface area contributed by atoms with Crippen molar-refractivity contribution in [2.75, 3.05) is 0 Å². The normalized spacial score (nSPS) is 9.60. The lowest BCUT2D eigenvalue weighted by Gasteiger charge is -1.88. The molecule has 0 aliphatic rings. The first-order valence-corrected chi connectivity index (χ1v) is 3.89. The molecule has 5 heteroatoms. The molecule has 3 nitrogen and oxygen atoms in total. The van der Waals surface area contributed by atoms with Crippen LogP contribution in [-0.4, -0.2) is 15.1 Å². The van der Waals surface area contributed by atoms with Crippen LogP contribution in [0.5, 0.6) is 5.88 Å². The van der Waals surface area contributed by atoms with Gasteiger partial charge in [0.15, 0.2) is 0 Å². The van der Waals surface area contributed by atoms with Gasteiger partial charge in [-0.3, -0.25) is 0 Å². The van der Waals surface area contributed by atoms with Crippen molar-refractivity contribution in [3.8, 4) is 5.88 Å². The van der Waals surface area contributed by atoms with E-state index >= 15 is 0 Å². The van der Waals surface area contributed by atoms with Crippen molar-refractivity contribution in [3.05, 3.63) is 10.4 Å². The van der Waals surface area contributed by atoms with E-state index in [0.717, 1.165) is 5.01 Å². The van der Waals surface area contributed by atoms with Crippen LogP contribution in [0.15, 0.2) is 5.38 Å². The number of thiocarbonyl (C=S) groups is 1. The number of rotatable bonds is 2. The van der Waals surface area contributed by atoms with Gasteiger partial charge in [0.1, 0.15) is 5.01 Å². The highest BCUT2D eigenvalue weighted by Gasteiger charge is 2.00. The quantitative estimate of drug-likeness (QED) is 0.647. The maximum Gasteiger partial charge on any atom is 0.222 e. The summed E-state index contributed by atoms with van der Waals surface area (Å²) in [5.74, 6) is 0.0382. The average Bonchev–Trinajstić information content (AvgIpc) is 2.13. The van der Waals surface area contributed by atoms with Crippen LogP contribution in [0.3, 0.4) is 0 Å². The molecule has 10 heavy (non-hydrogen) atoms. The summed E-state index contributed by atoms with van der Waals surface area (Å²) in [5.41, 5.74) is 5.25. The topological polar surface area (TPSA) is 59.1 Å². The van der Waals surface area contributed by atoms with Crippen LogP contribution in [0.2, 0.25) is 0 Å². The molecule has 0 fully saturated rings. The largest absolute Gasteiger partial charge is 0.493 e. The summed E-state index contributed by atoms with van der Waals surface area (Å²) in [5, 5.41) is 11.1. The first-order chi connectivity index (χ1) is 4.68. The standard InChI is InChI=1S/C5H6N2OS2/c6-3(9)1-5-7-4(8)2-10-5/h2,8H,1H2,(H2,6,9). The molecule has 1 rings (SSSR count). The Labute approximate surface area is 67.5 Å². The molecule has 1 aromatic heterocycles. The Morgan fingerprint density at radius 1 is 1.90 bits per heavy atom. The van der Waals surface area contributed by atoms with Crippen LogP contribution in [0.25, 0.3) is 0 Å². The molecule has 3 N–H and O–H groups in total. The Balaban J connectivity index is 2.67. The number of aromatic hydroxyl groups is 1. The summed E-state index contributed by atoms with van der Waals surface area (Å²) in [6.07, 6.45) is 0.473. The Hall–Kier alpha value is -0.680. The zero-order valence-electron chi connectivity index (χ0n) is 5.07. The second-order valence-corrected chi connectivity index (χ2v) is 3.21. The molecule has 0 bridgehead atoms. The summed E-state index contributed by atoms with van der Waals surface area (Å²) in [7, 11) is 0. The smallest absolute Gasteiger partial charge is 0.222 e. The van der Waals surface area contributed by atoms with Crippen molar-refractivity contribution in [3.63, 3.8) is 0 Å². The van der Waals surface area contributed by atoms with Crippen LogP contribution < -0.4 is 5.73 Å². The zero-order chi connectivity index (χ0) is 7.56. The highest BCUT2D eigenvalue weighted by Crippen LogP contribution is 2.14. The predicted molar refractivity (Wildman–Crippen MR) is 44.3 cm³/mol.